The zero-order valence-corrected chi connectivity index (χ0v) is 9.44. The minimum absolute atomic E-state index is 0.566. The van der Waals surface area contributed by atoms with E-state index in [0.29, 0.717) is 17.8 Å². The molecule has 0 saturated heterocycles. The summed E-state index contributed by atoms with van der Waals surface area (Å²) in [7, 11) is 1.61. The molecule has 1 saturated carbocycles. The van der Waals surface area contributed by atoms with Crippen LogP contribution < -0.4 is 9.64 Å². The van der Waals surface area contributed by atoms with Gasteiger partial charge in [0.15, 0.2) is 0 Å². The highest BCUT2D eigenvalue weighted by atomic mass is 35.5. The van der Waals surface area contributed by atoms with Crippen molar-refractivity contribution in [3.8, 4) is 5.88 Å². The van der Waals surface area contributed by atoms with Crippen LogP contribution in [0.1, 0.15) is 12.8 Å². The van der Waals surface area contributed by atoms with E-state index >= 15 is 0 Å². The Balaban J connectivity index is 2.16. The van der Waals surface area contributed by atoms with E-state index in [1.807, 2.05) is 0 Å². The average molecular weight is 228 g/mol. The third-order valence-electron chi connectivity index (χ3n) is 2.40. The monoisotopic (exact) mass is 227 g/mol. The topological polar surface area (TPSA) is 38.2 Å². The quantitative estimate of drug-likeness (QED) is 0.718. The zero-order valence-electron chi connectivity index (χ0n) is 8.69. The Morgan fingerprint density at radius 2 is 2.40 bits per heavy atom. The van der Waals surface area contributed by atoms with Gasteiger partial charge in [-0.15, -0.1) is 11.6 Å². The highest BCUT2D eigenvalue weighted by molar-refractivity contribution is 6.18. The van der Waals surface area contributed by atoms with Crippen molar-refractivity contribution < 1.29 is 4.74 Å². The minimum Gasteiger partial charge on any atom is -0.481 e. The molecule has 0 N–H and O–H groups in total. The van der Waals surface area contributed by atoms with Crippen LogP contribution in [-0.4, -0.2) is 35.5 Å². The number of nitrogens with zero attached hydrogens (tertiary/aromatic N) is 3. The molecule has 0 aliphatic heterocycles. The van der Waals surface area contributed by atoms with E-state index in [-0.39, 0.29) is 0 Å². The van der Waals surface area contributed by atoms with Crippen LogP contribution in [0.3, 0.4) is 0 Å². The lowest BCUT2D eigenvalue weighted by atomic mass is 10.5. The van der Waals surface area contributed by atoms with Crippen LogP contribution in [0, 0.1) is 0 Å². The predicted molar refractivity (Wildman–Crippen MR) is 59.7 cm³/mol. The molecule has 5 heteroatoms. The van der Waals surface area contributed by atoms with Gasteiger partial charge in [0.05, 0.1) is 7.11 Å². The van der Waals surface area contributed by atoms with Gasteiger partial charge in [0.25, 0.3) is 0 Å². The smallest absolute Gasteiger partial charge is 0.228 e. The maximum Gasteiger partial charge on any atom is 0.228 e. The van der Waals surface area contributed by atoms with Crippen molar-refractivity contribution in [3.63, 3.8) is 0 Å². The van der Waals surface area contributed by atoms with Gasteiger partial charge in [-0.25, -0.2) is 4.98 Å². The fourth-order valence-electron chi connectivity index (χ4n) is 1.51. The molecule has 0 aromatic carbocycles. The van der Waals surface area contributed by atoms with E-state index in [1.54, 1.807) is 19.4 Å². The van der Waals surface area contributed by atoms with E-state index in [2.05, 4.69) is 14.9 Å². The summed E-state index contributed by atoms with van der Waals surface area (Å²) in [5, 5.41) is 0. The average Bonchev–Trinajstić information content (AvgIpc) is 3.10. The third-order valence-corrected chi connectivity index (χ3v) is 2.57. The van der Waals surface area contributed by atoms with E-state index in [9.17, 15) is 0 Å². The summed E-state index contributed by atoms with van der Waals surface area (Å²) in [6.45, 7) is 0.791. The number of anilines is 1. The lowest BCUT2D eigenvalue weighted by Crippen LogP contribution is -2.29. The Hall–Kier alpha value is -1.03. The van der Waals surface area contributed by atoms with E-state index in [4.69, 9.17) is 16.3 Å². The van der Waals surface area contributed by atoms with Gasteiger partial charge in [-0.1, -0.05) is 0 Å². The van der Waals surface area contributed by atoms with Crippen LogP contribution in [0.25, 0.3) is 0 Å². The van der Waals surface area contributed by atoms with E-state index < -0.39 is 0 Å². The number of ether oxygens (including phenoxy) is 1. The van der Waals surface area contributed by atoms with Crippen LogP contribution in [0.4, 0.5) is 5.95 Å². The summed E-state index contributed by atoms with van der Waals surface area (Å²) in [5.41, 5.74) is 0. The molecule has 1 aromatic rings. The van der Waals surface area contributed by atoms with Crippen molar-refractivity contribution in [1.82, 2.24) is 9.97 Å². The first-order valence-corrected chi connectivity index (χ1v) is 5.58. The highest BCUT2D eigenvalue weighted by Crippen LogP contribution is 2.29. The number of hydrogen-bond donors (Lipinski definition) is 0. The van der Waals surface area contributed by atoms with Crippen molar-refractivity contribution in [2.75, 3.05) is 24.4 Å². The summed E-state index contributed by atoms with van der Waals surface area (Å²) < 4.78 is 5.07. The standard InChI is InChI=1S/C10H14ClN3O/c1-15-9-4-6-12-10(13-9)14(7-5-11)8-2-3-8/h4,6,8H,2-3,5,7H2,1H3. The second kappa shape index (κ2) is 4.66. The molecule has 4 nitrogen and oxygen atoms in total. The van der Waals surface area contributed by atoms with Gasteiger partial charge in [-0.3, -0.25) is 0 Å². The Morgan fingerprint density at radius 3 is 3.00 bits per heavy atom. The summed E-state index contributed by atoms with van der Waals surface area (Å²) >= 11 is 5.76. The van der Waals surface area contributed by atoms with Gasteiger partial charge in [-0.2, -0.15) is 4.98 Å². The van der Waals surface area contributed by atoms with Crippen molar-refractivity contribution in [2.24, 2.45) is 0 Å². The lowest BCUT2D eigenvalue weighted by Gasteiger charge is -2.20. The first-order chi connectivity index (χ1) is 7.35. The van der Waals surface area contributed by atoms with Gasteiger partial charge < -0.3 is 9.64 Å². The summed E-state index contributed by atoms with van der Waals surface area (Å²) in [6, 6.07) is 2.31. The van der Waals surface area contributed by atoms with Crippen molar-refractivity contribution in [3.05, 3.63) is 12.3 Å². The molecule has 1 aromatic heterocycles. The first-order valence-electron chi connectivity index (χ1n) is 5.05. The molecule has 0 amide bonds. The normalized spacial score (nSPS) is 15.1. The van der Waals surface area contributed by atoms with Gasteiger partial charge in [-0.05, 0) is 12.8 Å². The molecule has 0 atom stereocenters. The molecule has 0 spiro atoms. The largest absolute Gasteiger partial charge is 0.481 e. The first kappa shape index (κ1) is 10.5. The maximum absolute atomic E-state index is 5.76. The van der Waals surface area contributed by atoms with Crippen molar-refractivity contribution >= 4 is 17.5 Å². The van der Waals surface area contributed by atoms with Gasteiger partial charge >= 0.3 is 0 Å². The fraction of sp³-hybridized carbons (Fsp3) is 0.600. The van der Waals surface area contributed by atoms with Gasteiger partial charge in [0, 0.05) is 30.7 Å². The van der Waals surface area contributed by atoms with Crippen molar-refractivity contribution in [1.29, 1.82) is 0 Å². The van der Waals surface area contributed by atoms with E-state index in [0.717, 1.165) is 12.5 Å². The van der Waals surface area contributed by atoms with Crippen LogP contribution in [0.5, 0.6) is 5.88 Å². The van der Waals surface area contributed by atoms with Crippen molar-refractivity contribution in [2.45, 2.75) is 18.9 Å². The molecular weight excluding hydrogens is 214 g/mol. The number of rotatable bonds is 5. The molecule has 2 rings (SSSR count). The van der Waals surface area contributed by atoms with Crippen LogP contribution in [0.2, 0.25) is 0 Å². The number of alkyl halides is 1. The Labute approximate surface area is 94.2 Å². The molecule has 1 fully saturated rings. The Kier molecular flexibility index (Phi) is 3.26. The molecular formula is C10H14ClN3O. The lowest BCUT2D eigenvalue weighted by molar-refractivity contribution is 0.396. The van der Waals surface area contributed by atoms with Crippen LogP contribution in [0.15, 0.2) is 12.3 Å². The van der Waals surface area contributed by atoms with Crippen LogP contribution in [-0.2, 0) is 0 Å². The molecule has 1 aliphatic rings. The number of halogens is 1. The number of methoxy groups -OCH3 is 1. The molecule has 1 heterocycles. The molecule has 82 valence electrons. The van der Waals surface area contributed by atoms with Crippen LogP contribution >= 0.6 is 11.6 Å². The predicted octanol–water partition coefficient (Wildman–Crippen LogP) is 1.69. The molecule has 1 aliphatic carbocycles. The summed E-state index contributed by atoms with van der Waals surface area (Å²) in [4.78, 5) is 10.7. The van der Waals surface area contributed by atoms with Gasteiger partial charge in [0.2, 0.25) is 11.8 Å². The molecule has 15 heavy (non-hydrogen) atoms. The Morgan fingerprint density at radius 1 is 1.60 bits per heavy atom. The Bertz CT molecular complexity index is 330. The number of hydrogen-bond acceptors (Lipinski definition) is 4. The SMILES string of the molecule is COc1ccnc(N(CCCl)C2CC2)n1. The van der Waals surface area contributed by atoms with Gasteiger partial charge in [0.1, 0.15) is 0 Å². The highest BCUT2D eigenvalue weighted by Gasteiger charge is 2.30. The van der Waals surface area contributed by atoms with E-state index in [1.165, 1.54) is 12.8 Å². The fourth-order valence-corrected chi connectivity index (χ4v) is 1.69. The maximum atomic E-state index is 5.76. The summed E-state index contributed by atoms with van der Waals surface area (Å²) in [6.07, 6.45) is 4.12. The third kappa shape index (κ3) is 2.50. The second-order valence-electron chi connectivity index (χ2n) is 3.51. The summed E-state index contributed by atoms with van der Waals surface area (Å²) in [5.74, 6) is 1.91. The minimum atomic E-state index is 0.566. The molecule has 0 unspecified atom stereocenters. The zero-order chi connectivity index (χ0) is 10.7. The molecule has 0 bridgehead atoms. The molecule has 0 radical (unpaired) electrons. The number of aromatic nitrogens is 2. The second-order valence-corrected chi connectivity index (χ2v) is 3.89.